The summed E-state index contributed by atoms with van der Waals surface area (Å²) >= 11 is 0. The van der Waals surface area contributed by atoms with Gasteiger partial charge in [-0.05, 0) is 33.4 Å². The minimum atomic E-state index is -3.13. The molecule has 1 atom stereocenters. The second-order valence-corrected chi connectivity index (χ2v) is 5.49. The first-order valence-electron chi connectivity index (χ1n) is 9.99. The zero-order chi connectivity index (χ0) is 20.7. The van der Waals surface area contributed by atoms with Crippen LogP contribution in [0.3, 0.4) is 0 Å². The average molecular weight is 241 g/mol. The third-order valence-electron chi connectivity index (χ3n) is 4.31. The molecule has 2 nitrogen and oxygen atoms in total. The van der Waals surface area contributed by atoms with Crippen LogP contribution in [-0.4, -0.2) is 0 Å². The van der Waals surface area contributed by atoms with Crippen molar-refractivity contribution in [3.63, 3.8) is 0 Å². The van der Waals surface area contributed by atoms with Crippen LogP contribution in [0.5, 0.6) is 0 Å². The van der Waals surface area contributed by atoms with Gasteiger partial charge in [-0.1, -0.05) is 47.4 Å². The molecule has 2 rings (SSSR count). The van der Waals surface area contributed by atoms with Gasteiger partial charge in [-0.3, -0.25) is 0 Å². The maximum atomic E-state index is 8.16. The Hall–Kier alpha value is -1.18. The molecule has 0 aromatic heterocycles. The Bertz CT molecular complexity index is 729. The molecule has 0 saturated carbocycles. The van der Waals surface area contributed by atoms with Crippen LogP contribution in [0.15, 0.2) is 12.1 Å². The smallest absolute Gasteiger partial charge is 0.0589 e. The summed E-state index contributed by atoms with van der Waals surface area (Å²) in [5.74, 6) is 0. The Morgan fingerprint density at radius 3 is 2.18 bits per heavy atom. The van der Waals surface area contributed by atoms with Gasteiger partial charge in [0, 0.05) is 12.3 Å². The summed E-state index contributed by atoms with van der Waals surface area (Å²) in [5.41, 5.74) is 6.05. The molecule has 2 heteroatoms. The Labute approximate surface area is 117 Å². The standard InChI is InChI=1S/C15H24N2/c1-13(2)9-7-8-10(16)12(17)11(9)14(3,4)15(13,5)6/h7-8H,16-17H2,1-6H3/i1D3,2D3,5D3. The van der Waals surface area contributed by atoms with Crippen LogP contribution in [0.4, 0.5) is 11.4 Å². The fraction of sp³-hybridized carbons (Fsp3) is 0.600. The molecule has 4 N–H and O–H groups in total. The molecule has 0 spiro atoms. The van der Waals surface area contributed by atoms with E-state index in [1.807, 2.05) is 0 Å². The van der Waals surface area contributed by atoms with Crippen LogP contribution >= 0.6 is 0 Å². The van der Waals surface area contributed by atoms with E-state index in [0.29, 0.717) is 0 Å². The molecule has 17 heavy (non-hydrogen) atoms. The van der Waals surface area contributed by atoms with Crippen LogP contribution < -0.4 is 11.5 Å². The van der Waals surface area contributed by atoms with Crippen molar-refractivity contribution in [3.8, 4) is 0 Å². The molecule has 0 radical (unpaired) electrons. The number of nitrogen functional groups attached to an aromatic ring is 2. The first-order chi connectivity index (χ1) is 11.3. The van der Waals surface area contributed by atoms with Gasteiger partial charge in [0.1, 0.15) is 0 Å². The lowest BCUT2D eigenvalue weighted by Crippen LogP contribution is -2.42. The predicted octanol–water partition coefficient (Wildman–Crippen LogP) is 3.45. The quantitative estimate of drug-likeness (QED) is 0.684. The summed E-state index contributed by atoms with van der Waals surface area (Å²) in [6.07, 6.45) is 0. The van der Waals surface area contributed by atoms with Crippen molar-refractivity contribution in [2.24, 2.45) is 5.41 Å². The van der Waals surface area contributed by atoms with E-state index in [0.717, 1.165) is 0 Å². The van der Waals surface area contributed by atoms with Crippen molar-refractivity contribution in [1.29, 1.82) is 0 Å². The Kier molecular flexibility index (Phi) is 0.914. The summed E-state index contributed by atoms with van der Waals surface area (Å²) in [5, 5.41) is 0. The molecule has 0 saturated heterocycles. The van der Waals surface area contributed by atoms with Crippen molar-refractivity contribution in [2.45, 2.75) is 52.2 Å². The molecular formula is C15H24N2. The minimum Gasteiger partial charge on any atom is -0.397 e. The third kappa shape index (κ3) is 1.16. The third-order valence-corrected chi connectivity index (χ3v) is 4.31. The number of hydrogen-bond donors (Lipinski definition) is 2. The average Bonchev–Trinajstić information content (AvgIpc) is 2.55. The highest BCUT2D eigenvalue weighted by atomic mass is 14.7. The molecule has 0 heterocycles. The fourth-order valence-electron chi connectivity index (χ4n) is 2.61. The van der Waals surface area contributed by atoms with E-state index < -0.39 is 36.8 Å². The molecule has 0 aliphatic heterocycles. The second kappa shape index (κ2) is 2.98. The normalized spacial score (nSPS) is 39.1. The number of fused-ring (bicyclic) bond motifs is 1. The molecular weight excluding hydrogens is 208 g/mol. The molecule has 0 fully saturated rings. The molecule has 1 unspecified atom stereocenters. The van der Waals surface area contributed by atoms with Crippen molar-refractivity contribution in [3.05, 3.63) is 23.3 Å². The number of benzene rings is 1. The number of nitrogens with two attached hydrogens (primary N) is 2. The van der Waals surface area contributed by atoms with Crippen molar-refractivity contribution in [1.82, 2.24) is 0 Å². The number of rotatable bonds is 0. The van der Waals surface area contributed by atoms with Crippen molar-refractivity contribution < 1.29 is 12.3 Å². The highest BCUT2D eigenvalue weighted by molar-refractivity contribution is 5.74. The van der Waals surface area contributed by atoms with Crippen LogP contribution in [0.2, 0.25) is 0 Å². The Balaban J connectivity index is 3.25. The zero-order valence-corrected chi connectivity index (χ0v) is 10.3. The summed E-state index contributed by atoms with van der Waals surface area (Å²) < 4.78 is 73.4. The molecule has 94 valence electrons. The molecule has 1 aromatic rings. The van der Waals surface area contributed by atoms with Gasteiger partial charge in [0.25, 0.3) is 0 Å². The van der Waals surface area contributed by atoms with E-state index in [1.54, 1.807) is 0 Å². The first-order valence-corrected chi connectivity index (χ1v) is 5.49. The van der Waals surface area contributed by atoms with E-state index in [2.05, 4.69) is 0 Å². The van der Waals surface area contributed by atoms with Gasteiger partial charge in [-0.25, -0.2) is 0 Å². The van der Waals surface area contributed by atoms with Gasteiger partial charge in [0.15, 0.2) is 0 Å². The van der Waals surface area contributed by atoms with E-state index in [4.69, 9.17) is 23.8 Å². The molecule has 0 amide bonds. The lowest BCUT2D eigenvalue weighted by molar-refractivity contribution is 0.125. The summed E-state index contributed by atoms with van der Waals surface area (Å²) in [6, 6.07) is 2.64. The largest absolute Gasteiger partial charge is 0.397 e. The zero-order valence-electron chi connectivity index (χ0n) is 19.3. The molecule has 1 aliphatic carbocycles. The van der Waals surface area contributed by atoms with Crippen LogP contribution in [0.1, 0.15) is 64.8 Å². The second-order valence-electron chi connectivity index (χ2n) is 5.49. The van der Waals surface area contributed by atoms with Crippen LogP contribution in [-0.2, 0) is 10.8 Å². The lowest BCUT2D eigenvalue weighted by Gasteiger charge is -2.44. The predicted molar refractivity (Wildman–Crippen MR) is 75.1 cm³/mol. The van der Waals surface area contributed by atoms with E-state index in [-0.39, 0.29) is 22.5 Å². The molecule has 1 aromatic carbocycles. The van der Waals surface area contributed by atoms with Crippen molar-refractivity contribution in [2.75, 3.05) is 11.5 Å². The van der Waals surface area contributed by atoms with Gasteiger partial charge in [-0.2, -0.15) is 0 Å². The van der Waals surface area contributed by atoms with Gasteiger partial charge >= 0.3 is 0 Å². The minimum absolute atomic E-state index is 0.0263. The van der Waals surface area contributed by atoms with Crippen molar-refractivity contribution >= 4 is 11.4 Å². The van der Waals surface area contributed by atoms with E-state index >= 15 is 0 Å². The van der Waals surface area contributed by atoms with Crippen LogP contribution in [0, 0.1) is 5.41 Å². The van der Waals surface area contributed by atoms with Gasteiger partial charge in [0.2, 0.25) is 0 Å². The van der Waals surface area contributed by atoms with Gasteiger partial charge in [-0.15, -0.1) is 0 Å². The molecule has 0 bridgehead atoms. The van der Waals surface area contributed by atoms with Crippen LogP contribution in [0.25, 0.3) is 0 Å². The monoisotopic (exact) mass is 241 g/mol. The fourth-order valence-corrected chi connectivity index (χ4v) is 2.61. The highest BCUT2D eigenvalue weighted by Gasteiger charge is 2.57. The summed E-state index contributed by atoms with van der Waals surface area (Å²) in [7, 11) is 0. The molecule has 1 aliphatic rings. The van der Waals surface area contributed by atoms with E-state index in [9.17, 15) is 0 Å². The SMILES string of the molecule is [2H]C([2H])([2H])C1(C)C(C)(C)c2c(ccc(N)c2N)C1(C([2H])([2H])[2H])C([2H])([2H])[2H]. The first kappa shape index (κ1) is 5.21. The number of anilines is 2. The number of hydrogen-bond acceptors (Lipinski definition) is 2. The maximum absolute atomic E-state index is 8.16. The highest BCUT2D eigenvalue weighted by Crippen LogP contribution is 2.63. The summed E-state index contributed by atoms with van der Waals surface area (Å²) in [4.78, 5) is 0. The summed E-state index contributed by atoms with van der Waals surface area (Å²) in [6.45, 7) is -4.91. The lowest BCUT2D eigenvalue weighted by atomic mass is 9.59. The van der Waals surface area contributed by atoms with Gasteiger partial charge < -0.3 is 11.5 Å². The van der Waals surface area contributed by atoms with Gasteiger partial charge in [0.05, 0.1) is 11.4 Å². The Morgan fingerprint density at radius 2 is 1.65 bits per heavy atom. The topological polar surface area (TPSA) is 52.0 Å². The Morgan fingerprint density at radius 1 is 1.00 bits per heavy atom. The van der Waals surface area contributed by atoms with E-state index in [1.165, 1.54) is 32.9 Å². The maximum Gasteiger partial charge on any atom is 0.0589 e.